The highest BCUT2D eigenvalue weighted by Crippen LogP contribution is 2.20. The number of pyridine rings is 1. The number of carbonyl (C=O) groups excluding carboxylic acids is 1. The van der Waals surface area contributed by atoms with Gasteiger partial charge in [-0.3, -0.25) is 14.1 Å². The molecule has 2 rings (SSSR count). The van der Waals surface area contributed by atoms with E-state index in [-0.39, 0.29) is 19.0 Å². The molecule has 7 heteroatoms. The molecule has 0 saturated heterocycles. The number of benzene rings is 1. The third-order valence-corrected chi connectivity index (χ3v) is 4.61. The Labute approximate surface area is 142 Å². The zero-order valence-corrected chi connectivity index (χ0v) is 14.8. The van der Waals surface area contributed by atoms with Gasteiger partial charge < -0.3 is 5.32 Å². The van der Waals surface area contributed by atoms with Gasteiger partial charge in [-0.15, -0.1) is 0 Å². The van der Waals surface area contributed by atoms with E-state index in [4.69, 9.17) is 0 Å². The van der Waals surface area contributed by atoms with Crippen LogP contribution in [0.2, 0.25) is 0 Å². The van der Waals surface area contributed by atoms with Crippen molar-refractivity contribution in [3.63, 3.8) is 0 Å². The molecule has 2 aromatic rings. The van der Waals surface area contributed by atoms with Crippen molar-refractivity contribution in [3.8, 4) is 0 Å². The maximum atomic E-state index is 12.1. The smallest absolute Gasteiger partial charge is 0.252 e. The molecule has 0 unspecified atom stereocenters. The van der Waals surface area contributed by atoms with Crippen molar-refractivity contribution in [1.82, 2.24) is 10.3 Å². The van der Waals surface area contributed by atoms with Crippen molar-refractivity contribution in [2.24, 2.45) is 0 Å². The molecule has 0 aliphatic heterocycles. The third-order valence-electron chi connectivity index (χ3n) is 3.42. The van der Waals surface area contributed by atoms with Crippen LogP contribution in [0.5, 0.6) is 0 Å². The fourth-order valence-electron chi connectivity index (χ4n) is 2.45. The number of sulfonamides is 1. The highest BCUT2D eigenvalue weighted by molar-refractivity contribution is 7.92. The number of carbonyl (C=O) groups is 1. The van der Waals surface area contributed by atoms with Gasteiger partial charge >= 0.3 is 0 Å². The first-order valence-corrected chi connectivity index (χ1v) is 9.36. The van der Waals surface area contributed by atoms with Crippen molar-refractivity contribution >= 4 is 21.6 Å². The van der Waals surface area contributed by atoms with Gasteiger partial charge in [-0.2, -0.15) is 0 Å². The second kappa shape index (κ2) is 7.44. The van der Waals surface area contributed by atoms with Crippen LogP contribution in [0.15, 0.2) is 42.7 Å². The van der Waals surface area contributed by atoms with Crippen molar-refractivity contribution in [2.45, 2.75) is 13.8 Å². The first kappa shape index (κ1) is 17.9. The normalized spacial score (nSPS) is 11.1. The molecule has 0 radical (unpaired) electrons. The zero-order chi connectivity index (χ0) is 17.7. The summed E-state index contributed by atoms with van der Waals surface area (Å²) in [6.45, 7) is 4.20. The van der Waals surface area contributed by atoms with Crippen LogP contribution < -0.4 is 9.62 Å². The molecule has 1 heterocycles. The summed E-state index contributed by atoms with van der Waals surface area (Å²) in [5, 5.41) is 2.72. The molecule has 0 spiro atoms. The van der Waals surface area contributed by atoms with E-state index in [0.29, 0.717) is 11.3 Å². The largest absolute Gasteiger partial charge is 0.350 e. The van der Waals surface area contributed by atoms with Crippen molar-refractivity contribution in [1.29, 1.82) is 0 Å². The number of rotatable bonds is 6. The van der Waals surface area contributed by atoms with Crippen LogP contribution in [-0.4, -0.2) is 38.7 Å². The number of hydrogen-bond donors (Lipinski definition) is 1. The van der Waals surface area contributed by atoms with Crippen LogP contribution in [0.1, 0.15) is 21.5 Å². The van der Waals surface area contributed by atoms with Gasteiger partial charge in [-0.1, -0.05) is 6.07 Å². The molecule has 128 valence electrons. The number of aromatic nitrogens is 1. The number of nitrogens with zero attached hydrogens (tertiary/aromatic N) is 2. The van der Waals surface area contributed by atoms with E-state index in [9.17, 15) is 13.2 Å². The molecule has 0 aliphatic rings. The van der Waals surface area contributed by atoms with E-state index in [1.165, 1.54) is 10.5 Å². The average molecular weight is 347 g/mol. The maximum Gasteiger partial charge on any atom is 0.252 e. The van der Waals surface area contributed by atoms with Crippen LogP contribution in [0, 0.1) is 13.8 Å². The van der Waals surface area contributed by atoms with Gasteiger partial charge in [0.25, 0.3) is 5.91 Å². The quantitative estimate of drug-likeness (QED) is 0.865. The first-order valence-electron chi connectivity index (χ1n) is 7.51. The van der Waals surface area contributed by atoms with Crippen LogP contribution in [0.3, 0.4) is 0 Å². The Bertz CT molecular complexity index is 800. The molecule has 1 amide bonds. The second-order valence-corrected chi connectivity index (χ2v) is 7.59. The highest BCUT2D eigenvalue weighted by atomic mass is 32.2. The lowest BCUT2D eigenvalue weighted by Crippen LogP contribution is -2.38. The van der Waals surface area contributed by atoms with E-state index < -0.39 is 10.0 Å². The zero-order valence-electron chi connectivity index (χ0n) is 14.0. The van der Waals surface area contributed by atoms with E-state index in [1.54, 1.807) is 18.3 Å². The SMILES string of the molecule is Cc1cc(C)cc(N(CCNC(=O)c2cccnc2)S(C)(=O)=O)c1. The van der Waals surface area contributed by atoms with Gasteiger partial charge in [0.2, 0.25) is 10.0 Å². The number of nitrogens with one attached hydrogen (secondary N) is 1. The molecule has 1 aromatic heterocycles. The summed E-state index contributed by atoms with van der Waals surface area (Å²) < 4.78 is 25.5. The topological polar surface area (TPSA) is 79.4 Å². The van der Waals surface area contributed by atoms with Gasteiger partial charge in [0.15, 0.2) is 0 Å². The molecule has 0 atom stereocenters. The molecule has 0 bridgehead atoms. The van der Waals surface area contributed by atoms with Crippen LogP contribution in [-0.2, 0) is 10.0 Å². The van der Waals surface area contributed by atoms with Gasteiger partial charge in [-0.05, 0) is 49.2 Å². The van der Waals surface area contributed by atoms with Crippen molar-refractivity contribution in [3.05, 3.63) is 59.4 Å². The van der Waals surface area contributed by atoms with Crippen molar-refractivity contribution < 1.29 is 13.2 Å². The van der Waals surface area contributed by atoms with Gasteiger partial charge in [0, 0.05) is 18.9 Å². The average Bonchev–Trinajstić information content (AvgIpc) is 2.50. The molecule has 24 heavy (non-hydrogen) atoms. The van der Waals surface area contributed by atoms with E-state index >= 15 is 0 Å². The summed E-state index contributed by atoms with van der Waals surface area (Å²) in [6.07, 6.45) is 4.21. The Balaban J connectivity index is 2.09. The van der Waals surface area contributed by atoms with Gasteiger partial charge in [-0.25, -0.2) is 8.42 Å². The summed E-state index contributed by atoms with van der Waals surface area (Å²) in [5.74, 6) is -0.281. The summed E-state index contributed by atoms with van der Waals surface area (Å²) >= 11 is 0. The fraction of sp³-hybridized carbons (Fsp3) is 0.294. The van der Waals surface area contributed by atoms with Gasteiger partial charge in [0.05, 0.1) is 24.1 Å². The van der Waals surface area contributed by atoms with E-state index in [1.807, 2.05) is 32.0 Å². The minimum atomic E-state index is -3.44. The lowest BCUT2D eigenvalue weighted by atomic mass is 10.1. The Morgan fingerprint density at radius 2 is 1.88 bits per heavy atom. The number of amides is 1. The predicted octanol–water partition coefficient (Wildman–Crippen LogP) is 1.89. The Hall–Kier alpha value is -2.41. The highest BCUT2D eigenvalue weighted by Gasteiger charge is 2.18. The minimum absolute atomic E-state index is 0.160. The van der Waals surface area contributed by atoms with Gasteiger partial charge in [0.1, 0.15) is 0 Å². The minimum Gasteiger partial charge on any atom is -0.350 e. The lowest BCUT2D eigenvalue weighted by Gasteiger charge is -2.23. The number of aryl methyl sites for hydroxylation is 2. The maximum absolute atomic E-state index is 12.1. The van der Waals surface area contributed by atoms with Crippen molar-refractivity contribution in [2.75, 3.05) is 23.7 Å². The molecule has 0 fully saturated rings. The third kappa shape index (κ3) is 4.79. The fourth-order valence-corrected chi connectivity index (χ4v) is 3.36. The Morgan fingerprint density at radius 3 is 2.42 bits per heavy atom. The van der Waals surface area contributed by atoms with E-state index in [0.717, 1.165) is 17.4 Å². The van der Waals surface area contributed by atoms with E-state index in [2.05, 4.69) is 10.3 Å². The lowest BCUT2D eigenvalue weighted by molar-refractivity contribution is 0.0954. The summed E-state index contributed by atoms with van der Waals surface area (Å²) in [7, 11) is -3.44. The number of hydrogen-bond acceptors (Lipinski definition) is 4. The molecule has 6 nitrogen and oxygen atoms in total. The first-order chi connectivity index (χ1) is 11.3. The molecule has 0 saturated carbocycles. The standard InChI is InChI=1S/C17H21N3O3S/c1-13-9-14(2)11-16(10-13)20(24(3,22)23)8-7-19-17(21)15-5-4-6-18-12-15/h4-6,9-12H,7-8H2,1-3H3,(H,19,21). The molecule has 1 aromatic carbocycles. The molecule has 0 aliphatic carbocycles. The summed E-state index contributed by atoms with van der Waals surface area (Å²) in [5.41, 5.74) is 3.01. The summed E-state index contributed by atoms with van der Waals surface area (Å²) in [4.78, 5) is 15.9. The molecular formula is C17H21N3O3S. The Kier molecular flexibility index (Phi) is 5.56. The van der Waals surface area contributed by atoms with Crippen LogP contribution in [0.25, 0.3) is 0 Å². The molecular weight excluding hydrogens is 326 g/mol. The molecule has 1 N–H and O–H groups in total. The number of anilines is 1. The second-order valence-electron chi connectivity index (χ2n) is 5.68. The van der Waals surface area contributed by atoms with Crippen LogP contribution in [0.4, 0.5) is 5.69 Å². The Morgan fingerprint density at radius 1 is 1.21 bits per heavy atom. The summed E-state index contributed by atoms with van der Waals surface area (Å²) in [6, 6.07) is 8.94. The monoisotopic (exact) mass is 347 g/mol. The predicted molar refractivity (Wildman–Crippen MR) is 94.7 cm³/mol. The van der Waals surface area contributed by atoms with Crippen LogP contribution >= 0.6 is 0 Å².